The van der Waals surface area contributed by atoms with Gasteiger partial charge in [0, 0.05) is 25.6 Å². The van der Waals surface area contributed by atoms with Crippen molar-refractivity contribution in [2.24, 2.45) is 0 Å². The van der Waals surface area contributed by atoms with E-state index in [1.165, 1.54) is 33.0 Å². The van der Waals surface area contributed by atoms with E-state index in [-0.39, 0.29) is 17.2 Å². The Morgan fingerprint density at radius 3 is 2.45 bits per heavy atom. The summed E-state index contributed by atoms with van der Waals surface area (Å²) in [5, 5.41) is 9.72. The SMILES string of the molecule is CCC(=O)c1cccc(S(=O)(=O)N(C)CC(C)(C)O)c1. The van der Waals surface area contributed by atoms with Gasteiger partial charge in [0.05, 0.1) is 10.5 Å². The van der Waals surface area contributed by atoms with Gasteiger partial charge in [-0.1, -0.05) is 19.1 Å². The van der Waals surface area contributed by atoms with Crippen LogP contribution in [0.25, 0.3) is 0 Å². The number of rotatable bonds is 6. The maximum absolute atomic E-state index is 12.4. The Hall–Kier alpha value is -1.24. The molecule has 0 fully saturated rings. The van der Waals surface area contributed by atoms with Gasteiger partial charge in [-0.05, 0) is 26.0 Å². The van der Waals surface area contributed by atoms with Crippen molar-refractivity contribution in [1.82, 2.24) is 4.31 Å². The summed E-state index contributed by atoms with van der Waals surface area (Å²) >= 11 is 0. The topological polar surface area (TPSA) is 74.7 Å². The Balaban J connectivity index is 3.13. The molecule has 112 valence electrons. The monoisotopic (exact) mass is 299 g/mol. The largest absolute Gasteiger partial charge is 0.389 e. The van der Waals surface area contributed by atoms with E-state index >= 15 is 0 Å². The molecule has 0 aliphatic rings. The first kappa shape index (κ1) is 16.8. The molecule has 0 heterocycles. The molecule has 0 amide bonds. The molecule has 5 nitrogen and oxygen atoms in total. The number of nitrogens with zero attached hydrogens (tertiary/aromatic N) is 1. The van der Waals surface area contributed by atoms with Crippen molar-refractivity contribution in [3.8, 4) is 0 Å². The van der Waals surface area contributed by atoms with Crippen LogP contribution in [0.4, 0.5) is 0 Å². The summed E-state index contributed by atoms with van der Waals surface area (Å²) in [5.74, 6) is -0.104. The number of ketones is 1. The zero-order valence-electron chi connectivity index (χ0n) is 12.3. The van der Waals surface area contributed by atoms with Gasteiger partial charge in [0.15, 0.2) is 5.78 Å². The normalized spacial score (nSPS) is 12.7. The highest BCUT2D eigenvalue weighted by molar-refractivity contribution is 7.89. The fourth-order valence-corrected chi connectivity index (χ4v) is 3.22. The number of hydrogen-bond acceptors (Lipinski definition) is 4. The predicted molar refractivity (Wildman–Crippen MR) is 77.2 cm³/mol. The van der Waals surface area contributed by atoms with Gasteiger partial charge in [0.25, 0.3) is 0 Å². The number of likely N-dealkylation sites (N-methyl/N-ethyl adjacent to an activating group) is 1. The van der Waals surface area contributed by atoms with E-state index in [1.54, 1.807) is 19.1 Å². The van der Waals surface area contributed by atoms with E-state index in [2.05, 4.69) is 0 Å². The number of Topliss-reactive ketones (excluding diaryl/α,β-unsaturated/α-hetero) is 1. The van der Waals surface area contributed by atoms with Crippen LogP contribution in [0.2, 0.25) is 0 Å². The maximum atomic E-state index is 12.4. The fourth-order valence-electron chi connectivity index (χ4n) is 1.84. The van der Waals surface area contributed by atoms with Gasteiger partial charge in [0.1, 0.15) is 0 Å². The highest BCUT2D eigenvalue weighted by atomic mass is 32.2. The third-order valence-electron chi connectivity index (χ3n) is 2.79. The first-order valence-corrected chi connectivity index (χ1v) is 7.84. The second-order valence-corrected chi connectivity index (χ2v) is 7.42. The lowest BCUT2D eigenvalue weighted by molar-refractivity contribution is 0.0639. The van der Waals surface area contributed by atoms with Crippen LogP contribution in [-0.2, 0) is 10.0 Å². The third kappa shape index (κ3) is 4.13. The highest BCUT2D eigenvalue weighted by Gasteiger charge is 2.26. The molecule has 20 heavy (non-hydrogen) atoms. The summed E-state index contributed by atoms with van der Waals surface area (Å²) in [4.78, 5) is 11.7. The zero-order chi connectivity index (χ0) is 15.6. The Bertz CT molecular complexity index is 587. The van der Waals surface area contributed by atoms with Crippen LogP contribution in [0.5, 0.6) is 0 Å². The van der Waals surface area contributed by atoms with Crippen LogP contribution in [0.15, 0.2) is 29.2 Å². The lowest BCUT2D eigenvalue weighted by Gasteiger charge is -2.25. The molecular weight excluding hydrogens is 278 g/mol. The van der Waals surface area contributed by atoms with Crippen molar-refractivity contribution in [2.45, 2.75) is 37.7 Å². The average molecular weight is 299 g/mol. The smallest absolute Gasteiger partial charge is 0.242 e. The van der Waals surface area contributed by atoms with Gasteiger partial charge in [-0.3, -0.25) is 4.79 Å². The number of aliphatic hydroxyl groups is 1. The molecule has 0 bridgehead atoms. The summed E-state index contributed by atoms with van der Waals surface area (Å²) in [6.07, 6.45) is 0.322. The fraction of sp³-hybridized carbons (Fsp3) is 0.500. The zero-order valence-corrected chi connectivity index (χ0v) is 13.1. The van der Waals surface area contributed by atoms with Gasteiger partial charge < -0.3 is 5.11 Å². The molecule has 1 rings (SSSR count). The Morgan fingerprint density at radius 2 is 1.95 bits per heavy atom. The molecule has 0 radical (unpaired) electrons. The lowest BCUT2D eigenvalue weighted by atomic mass is 10.1. The molecule has 1 aromatic carbocycles. The summed E-state index contributed by atoms with van der Waals surface area (Å²) in [5.41, 5.74) is -0.746. The highest BCUT2D eigenvalue weighted by Crippen LogP contribution is 2.18. The summed E-state index contributed by atoms with van der Waals surface area (Å²) in [6, 6.07) is 5.97. The van der Waals surface area contributed by atoms with E-state index in [1.807, 2.05) is 0 Å². The lowest BCUT2D eigenvalue weighted by Crippen LogP contribution is -2.39. The summed E-state index contributed by atoms with van der Waals surface area (Å²) < 4.78 is 25.8. The van der Waals surface area contributed by atoms with Gasteiger partial charge >= 0.3 is 0 Å². The molecule has 0 aromatic heterocycles. The number of benzene rings is 1. The Kier molecular flexibility index (Phi) is 5.07. The Morgan fingerprint density at radius 1 is 1.35 bits per heavy atom. The molecular formula is C14H21NO4S. The van der Waals surface area contributed by atoms with E-state index in [9.17, 15) is 18.3 Å². The molecule has 0 atom stereocenters. The molecule has 0 saturated carbocycles. The minimum absolute atomic E-state index is 0.0265. The molecule has 0 spiro atoms. The molecule has 1 N–H and O–H groups in total. The van der Waals surface area contributed by atoms with Crippen LogP contribution < -0.4 is 0 Å². The van der Waals surface area contributed by atoms with Gasteiger partial charge in [-0.25, -0.2) is 8.42 Å². The third-order valence-corrected chi connectivity index (χ3v) is 4.59. The van der Waals surface area contributed by atoms with Crippen molar-refractivity contribution >= 4 is 15.8 Å². The van der Waals surface area contributed by atoms with Crippen LogP contribution in [0.1, 0.15) is 37.6 Å². The van der Waals surface area contributed by atoms with Crippen molar-refractivity contribution in [1.29, 1.82) is 0 Å². The average Bonchev–Trinajstić information content (AvgIpc) is 2.36. The summed E-state index contributed by atoms with van der Waals surface area (Å²) in [7, 11) is -2.31. The molecule has 0 unspecified atom stereocenters. The van der Waals surface area contributed by atoms with Crippen LogP contribution in [0.3, 0.4) is 0 Å². The minimum Gasteiger partial charge on any atom is -0.389 e. The number of hydrogen-bond donors (Lipinski definition) is 1. The van der Waals surface area contributed by atoms with Crippen molar-refractivity contribution in [2.75, 3.05) is 13.6 Å². The quantitative estimate of drug-likeness (QED) is 0.811. The first-order valence-electron chi connectivity index (χ1n) is 6.40. The number of carbonyl (C=O) groups is 1. The van der Waals surface area contributed by atoms with E-state index in [0.717, 1.165) is 4.31 Å². The van der Waals surface area contributed by atoms with Crippen molar-refractivity contribution < 1.29 is 18.3 Å². The molecule has 0 saturated heterocycles. The molecule has 0 aliphatic heterocycles. The number of sulfonamides is 1. The van der Waals surface area contributed by atoms with Crippen LogP contribution in [0, 0.1) is 0 Å². The summed E-state index contributed by atoms with van der Waals surface area (Å²) in [6.45, 7) is 4.78. The van der Waals surface area contributed by atoms with Crippen LogP contribution >= 0.6 is 0 Å². The Labute approximate surface area is 120 Å². The molecule has 6 heteroatoms. The van der Waals surface area contributed by atoms with Crippen molar-refractivity contribution in [3.05, 3.63) is 29.8 Å². The molecule has 1 aromatic rings. The van der Waals surface area contributed by atoms with E-state index in [0.29, 0.717) is 12.0 Å². The van der Waals surface area contributed by atoms with E-state index < -0.39 is 15.6 Å². The first-order chi connectivity index (χ1) is 9.08. The predicted octanol–water partition coefficient (Wildman–Crippen LogP) is 1.67. The van der Waals surface area contributed by atoms with E-state index in [4.69, 9.17) is 0 Å². The number of carbonyl (C=O) groups excluding carboxylic acids is 1. The van der Waals surface area contributed by atoms with Crippen molar-refractivity contribution in [3.63, 3.8) is 0 Å². The molecule has 0 aliphatic carbocycles. The standard InChI is InChI=1S/C14H21NO4S/c1-5-13(16)11-7-6-8-12(9-11)20(18,19)15(4)10-14(2,3)17/h6-9,17H,5,10H2,1-4H3. The maximum Gasteiger partial charge on any atom is 0.242 e. The minimum atomic E-state index is -3.72. The second-order valence-electron chi connectivity index (χ2n) is 5.38. The van der Waals surface area contributed by atoms with Gasteiger partial charge in [0.2, 0.25) is 10.0 Å². The van der Waals surface area contributed by atoms with Gasteiger partial charge in [-0.15, -0.1) is 0 Å². The second kappa shape index (κ2) is 6.03. The van der Waals surface area contributed by atoms with Gasteiger partial charge in [-0.2, -0.15) is 4.31 Å². The van der Waals surface area contributed by atoms with Crippen LogP contribution in [-0.4, -0.2) is 42.8 Å².